The largest absolute Gasteiger partial charge is 0.465 e. The van der Waals surface area contributed by atoms with Gasteiger partial charge in [-0.05, 0) is 51.5 Å². The van der Waals surface area contributed by atoms with Crippen molar-refractivity contribution < 1.29 is 37.8 Å². The zero-order valence-corrected chi connectivity index (χ0v) is 29.3. The van der Waals surface area contributed by atoms with Gasteiger partial charge in [0.15, 0.2) is 0 Å². The second-order valence-corrected chi connectivity index (χ2v) is 13.0. The Balaban J connectivity index is 4.24. The molecule has 0 aromatic carbocycles. The molecule has 0 heterocycles. The molecule has 1 aliphatic rings. The van der Waals surface area contributed by atoms with Gasteiger partial charge in [0.1, 0.15) is 6.10 Å². The van der Waals surface area contributed by atoms with E-state index in [9.17, 15) is 9.36 Å². The molecule has 0 aromatic rings. The molecule has 0 spiro atoms. The minimum atomic E-state index is -2.82. The smallest absolute Gasteiger partial charge is 0.368 e. The summed E-state index contributed by atoms with van der Waals surface area (Å²) in [5.74, 6) is -3.61. The number of ether oxygens (including phenoxy) is 6. The molecule has 0 saturated carbocycles. The van der Waals surface area contributed by atoms with Crippen molar-refractivity contribution in [3.05, 3.63) is 24.3 Å². The second kappa shape index (κ2) is 21.7. The molecule has 0 saturated heterocycles. The molecule has 3 unspecified atom stereocenters. The van der Waals surface area contributed by atoms with E-state index in [1.807, 2.05) is 0 Å². The first-order valence-corrected chi connectivity index (χ1v) is 18.2. The highest BCUT2D eigenvalue weighted by Gasteiger charge is 2.82. The number of hydrogen-bond acceptors (Lipinski definition) is 8. The van der Waals surface area contributed by atoms with Crippen LogP contribution in [0.2, 0.25) is 0 Å². The molecule has 1 aliphatic carbocycles. The molecule has 0 radical (unpaired) electrons. The van der Waals surface area contributed by atoms with Crippen LogP contribution in [0.15, 0.2) is 24.3 Å². The Hall–Kier alpha value is -0.990. The van der Waals surface area contributed by atoms with Crippen LogP contribution in [-0.2, 0) is 37.8 Å². The van der Waals surface area contributed by atoms with Gasteiger partial charge in [-0.1, -0.05) is 91.2 Å². The van der Waals surface area contributed by atoms with Crippen LogP contribution in [0, 0.1) is 0 Å². The third-order valence-corrected chi connectivity index (χ3v) is 9.43. The van der Waals surface area contributed by atoms with E-state index >= 15 is 0 Å². The van der Waals surface area contributed by atoms with Crippen LogP contribution in [0.4, 0.5) is 0 Å². The number of allylic oxidation sites excluding steroid dienone is 1. The van der Waals surface area contributed by atoms with Crippen LogP contribution in [0.5, 0.6) is 0 Å². The van der Waals surface area contributed by atoms with Crippen LogP contribution in [0.3, 0.4) is 0 Å². The number of rotatable bonds is 27. The van der Waals surface area contributed by atoms with Gasteiger partial charge in [-0.25, -0.2) is 4.79 Å². The molecule has 3 atom stereocenters. The molecule has 0 N–H and O–H groups in total. The highest BCUT2D eigenvalue weighted by Crippen LogP contribution is 2.60. The zero-order chi connectivity index (χ0) is 32.2. The summed E-state index contributed by atoms with van der Waals surface area (Å²) in [6.07, 6.45) is 12.5. The van der Waals surface area contributed by atoms with Gasteiger partial charge in [0, 0.05) is 18.3 Å². The van der Waals surface area contributed by atoms with Crippen molar-refractivity contribution in [2.75, 3.05) is 39.6 Å². The summed E-state index contributed by atoms with van der Waals surface area (Å²) in [6.45, 7) is 19.8. The summed E-state index contributed by atoms with van der Waals surface area (Å²) in [5.41, 5.74) is -0.421. The monoisotopic (exact) mass is 629 g/mol. The topological polar surface area (TPSA) is 89.5 Å². The lowest BCUT2D eigenvalue weighted by atomic mass is 9.85. The lowest BCUT2D eigenvalue weighted by molar-refractivity contribution is -0.457. The quantitative estimate of drug-likeness (QED) is 0.0293. The first kappa shape index (κ1) is 40.0. The Morgan fingerprint density at radius 2 is 1.07 bits per heavy atom. The van der Waals surface area contributed by atoms with Crippen molar-refractivity contribution in [2.45, 2.75) is 149 Å². The highest BCUT2D eigenvalue weighted by atomic mass is 31.1. The lowest BCUT2D eigenvalue weighted by Gasteiger charge is -2.55. The fraction of sp³-hybridized carbons (Fsp3) is 0.853. The summed E-state index contributed by atoms with van der Waals surface area (Å²) in [7, 11) is -2.82. The van der Waals surface area contributed by atoms with E-state index in [1.54, 1.807) is 19.1 Å². The molecular formula is C34H62O8P+. The van der Waals surface area contributed by atoms with E-state index in [2.05, 4.69) is 48.1 Å². The zero-order valence-electron chi connectivity index (χ0n) is 28.4. The van der Waals surface area contributed by atoms with Gasteiger partial charge < -0.3 is 28.4 Å². The van der Waals surface area contributed by atoms with Gasteiger partial charge in [-0.3, -0.25) is 0 Å². The summed E-state index contributed by atoms with van der Waals surface area (Å²) in [4.78, 5) is 13.6. The minimum Gasteiger partial charge on any atom is -0.368 e. The molecular weight excluding hydrogens is 567 g/mol. The van der Waals surface area contributed by atoms with E-state index in [0.717, 1.165) is 57.8 Å². The second-order valence-electron chi connectivity index (χ2n) is 11.4. The summed E-state index contributed by atoms with van der Waals surface area (Å²) in [6, 6.07) is 0. The molecule has 0 fully saturated rings. The molecule has 0 amide bonds. The van der Waals surface area contributed by atoms with Gasteiger partial charge in [0.2, 0.25) is 0 Å². The van der Waals surface area contributed by atoms with E-state index in [4.69, 9.17) is 28.4 Å². The normalized spacial score (nSPS) is 21.2. The summed E-state index contributed by atoms with van der Waals surface area (Å²) < 4.78 is 55.3. The first-order valence-electron chi connectivity index (χ1n) is 16.9. The van der Waals surface area contributed by atoms with Crippen molar-refractivity contribution >= 4 is 13.3 Å². The van der Waals surface area contributed by atoms with E-state index in [1.165, 1.54) is 0 Å². The fourth-order valence-corrected chi connectivity index (χ4v) is 6.44. The highest BCUT2D eigenvalue weighted by molar-refractivity contribution is 7.66. The summed E-state index contributed by atoms with van der Waals surface area (Å²) in [5, 5.41) is -1.85. The van der Waals surface area contributed by atoms with Gasteiger partial charge in [-0.15, -0.1) is 0 Å². The summed E-state index contributed by atoms with van der Waals surface area (Å²) >= 11 is 0. The number of carbonyl (C=O) groups excluding carboxylic acids is 1. The fourth-order valence-electron chi connectivity index (χ4n) is 4.81. The predicted molar refractivity (Wildman–Crippen MR) is 174 cm³/mol. The number of carbonyl (C=O) groups is 1. The van der Waals surface area contributed by atoms with Crippen LogP contribution in [0.25, 0.3) is 0 Å². The number of unbranched alkanes of at least 4 members (excludes halogenated alkanes) is 6. The molecule has 0 aliphatic heterocycles. The van der Waals surface area contributed by atoms with Crippen LogP contribution < -0.4 is 0 Å². The Kier molecular flexibility index (Phi) is 20.2. The van der Waals surface area contributed by atoms with Gasteiger partial charge in [0.25, 0.3) is 5.79 Å². The maximum atomic E-state index is 14.7. The maximum absolute atomic E-state index is 14.7. The number of hydrogen-bond donors (Lipinski definition) is 0. The molecule has 43 heavy (non-hydrogen) atoms. The van der Waals surface area contributed by atoms with Crippen molar-refractivity contribution in [3.63, 3.8) is 0 Å². The first-order chi connectivity index (χ1) is 20.7. The van der Waals surface area contributed by atoms with Crippen molar-refractivity contribution in [1.82, 2.24) is 0 Å². The lowest BCUT2D eigenvalue weighted by Crippen LogP contribution is -2.77. The van der Waals surface area contributed by atoms with Crippen LogP contribution >= 0.6 is 7.80 Å². The van der Waals surface area contributed by atoms with Crippen molar-refractivity contribution in [1.29, 1.82) is 0 Å². The maximum Gasteiger partial charge on any atom is 0.465 e. The van der Waals surface area contributed by atoms with E-state index < -0.39 is 36.3 Å². The van der Waals surface area contributed by atoms with Crippen LogP contribution in [-0.4, -0.2) is 68.2 Å². The van der Waals surface area contributed by atoms with Gasteiger partial charge >= 0.3 is 24.5 Å². The standard InChI is InChI=1S/C34H62O8P/c1-9-15-23-37-30-21-22-32(38-24-16-10-2,43(36)31(35)29(7)8)34(41-27-19-13-5,42-28-20-14-6)33(30,39-25-17-11-3)40-26-18-12-4/h21-22,30H,7,9-20,23-28H2,1-6,8H3/q+1. The average Bonchev–Trinajstić information content (AvgIpc) is 2.99. The molecule has 250 valence electrons. The van der Waals surface area contributed by atoms with Crippen molar-refractivity contribution in [3.8, 4) is 0 Å². The van der Waals surface area contributed by atoms with Gasteiger partial charge in [-0.2, -0.15) is 0 Å². The Bertz CT molecular complexity index is 824. The third kappa shape index (κ3) is 10.3. The molecule has 9 heteroatoms. The molecule has 8 nitrogen and oxygen atoms in total. The van der Waals surface area contributed by atoms with E-state index in [0.29, 0.717) is 39.1 Å². The van der Waals surface area contributed by atoms with Gasteiger partial charge in [0.05, 0.1) is 33.0 Å². The SMILES string of the molecule is C=C(C)C(=O)[P+](=O)C1(OCCCC)C=CC(OCCCC)C(OCCCC)(OCCCC)C1(OCCCC)OCCCC. The minimum absolute atomic E-state index is 0.176. The molecule has 0 bridgehead atoms. The molecule has 1 rings (SSSR count). The predicted octanol–water partition coefficient (Wildman–Crippen LogP) is 8.84. The van der Waals surface area contributed by atoms with Crippen molar-refractivity contribution in [2.24, 2.45) is 0 Å². The Morgan fingerprint density at radius 3 is 1.49 bits per heavy atom. The van der Waals surface area contributed by atoms with E-state index in [-0.39, 0.29) is 25.4 Å². The Labute approximate surface area is 263 Å². The average molecular weight is 630 g/mol. The molecule has 0 aromatic heterocycles. The van der Waals surface area contributed by atoms with Crippen LogP contribution in [0.1, 0.15) is 126 Å². The Morgan fingerprint density at radius 1 is 0.674 bits per heavy atom. The third-order valence-electron chi connectivity index (χ3n) is 7.50.